The van der Waals surface area contributed by atoms with E-state index < -0.39 is 0 Å². The van der Waals surface area contributed by atoms with Crippen LogP contribution in [0.15, 0.2) is 70.6 Å². The topological polar surface area (TPSA) is 67.4 Å². The minimum absolute atomic E-state index is 0. The number of furan rings is 1. The Hall–Kier alpha value is -2.88. The summed E-state index contributed by atoms with van der Waals surface area (Å²) in [5.74, 6) is 1.18. The average molecular weight is 519 g/mol. The predicted molar refractivity (Wildman–Crippen MR) is 127 cm³/mol. The molecule has 8 heteroatoms. The summed E-state index contributed by atoms with van der Waals surface area (Å²) in [5.41, 5.74) is 3.27. The standard InChI is InChI=1S/C22H22FN5O.HI/c1-15-17-5-3-4-6-20(17)29-21(15)13-27-22(24-2)26-12-16-7-8-19(18(23)11-16)28-10-9-25-14-28;/h3-11,14H,12-13H2,1-2H3,(H2,24,26,27);1H. The molecule has 0 aliphatic heterocycles. The Morgan fingerprint density at radius 1 is 1.17 bits per heavy atom. The number of guanidine groups is 1. The lowest BCUT2D eigenvalue weighted by molar-refractivity contribution is 0.534. The summed E-state index contributed by atoms with van der Waals surface area (Å²) in [4.78, 5) is 8.18. The highest BCUT2D eigenvalue weighted by atomic mass is 127. The van der Waals surface area contributed by atoms with Crippen molar-refractivity contribution in [1.82, 2.24) is 20.2 Å². The third kappa shape index (κ3) is 4.64. The largest absolute Gasteiger partial charge is 0.459 e. The molecule has 2 aromatic heterocycles. The van der Waals surface area contributed by atoms with Gasteiger partial charge in [-0.05, 0) is 30.7 Å². The Balaban J connectivity index is 0.00000256. The van der Waals surface area contributed by atoms with E-state index in [4.69, 9.17) is 4.42 Å². The van der Waals surface area contributed by atoms with Crippen LogP contribution in [0.5, 0.6) is 0 Å². The summed E-state index contributed by atoms with van der Waals surface area (Å²) >= 11 is 0. The van der Waals surface area contributed by atoms with E-state index in [0.29, 0.717) is 24.7 Å². The van der Waals surface area contributed by atoms with Crippen LogP contribution in [0.2, 0.25) is 0 Å². The number of imidazole rings is 1. The highest BCUT2D eigenvalue weighted by Crippen LogP contribution is 2.24. The van der Waals surface area contributed by atoms with Gasteiger partial charge in [0.25, 0.3) is 0 Å². The molecule has 0 amide bonds. The molecule has 30 heavy (non-hydrogen) atoms. The van der Waals surface area contributed by atoms with Gasteiger partial charge in [0.05, 0.1) is 18.6 Å². The summed E-state index contributed by atoms with van der Waals surface area (Å²) in [6.07, 6.45) is 4.90. The van der Waals surface area contributed by atoms with Crippen LogP contribution >= 0.6 is 24.0 Å². The molecule has 0 bridgehead atoms. The molecule has 0 unspecified atom stereocenters. The number of hydrogen-bond acceptors (Lipinski definition) is 3. The second-order valence-electron chi connectivity index (χ2n) is 6.68. The lowest BCUT2D eigenvalue weighted by atomic mass is 10.1. The van der Waals surface area contributed by atoms with Gasteiger partial charge in [0.1, 0.15) is 17.2 Å². The van der Waals surface area contributed by atoms with Crippen molar-refractivity contribution in [2.24, 2.45) is 4.99 Å². The van der Waals surface area contributed by atoms with Crippen LogP contribution in [0, 0.1) is 12.7 Å². The third-order valence-electron chi connectivity index (χ3n) is 4.84. The predicted octanol–water partition coefficient (Wildman–Crippen LogP) is 4.55. The van der Waals surface area contributed by atoms with E-state index in [1.165, 1.54) is 6.07 Å². The van der Waals surface area contributed by atoms with Gasteiger partial charge in [0.15, 0.2) is 5.96 Å². The van der Waals surface area contributed by atoms with Gasteiger partial charge < -0.3 is 19.6 Å². The van der Waals surface area contributed by atoms with Crippen molar-refractivity contribution in [2.45, 2.75) is 20.0 Å². The first kappa shape index (κ1) is 21.8. The third-order valence-corrected chi connectivity index (χ3v) is 4.84. The molecular formula is C22H23FIN5O. The van der Waals surface area contributed by atoms with Crippen molar-refractivity contribution < 1.29 is 8.81 Å². The van der Waals surface area contributed by atoms with Crippen molar-refractivity contribution >= 4 is 40.9 Å². The van der Waals surface area contributed by atoms with Crippen LogP contribution in [-0.4, -0.2) is 22.6 Å². The lowest BCUT2D eigenvalue weighted by Crippen LogP contribution is -2.36. The number of aromatic nitrogens is 2. The van der Waals surface area contributed by atoms with Gasteiger partial charge in [-0.1, -0.05) is 24.3 Å². The van der Waals surface area contributed by atoms with Gasteiger partial charge in [0, 0.05) is 36.9 Å². The van der Waals surface area contributed by atoms with Gasteiger partial charge in [-0.15, -0.1) is 24.0 Å². The highest BCUT2D eigenvalue weighted by Gasteiger charge is 2.11. The minimum atomic E-state index is -0.303. The molecule has 0 spiro atoms. The van der Waals surface area contributed by atoms with Crippen molar-refractivity contribution in [2.75, 3.05) is 7.05 Å². The Morgan fingerprint density at radius 3 is 2.67 bits per heavy atom. The minimum Gasteiger partial charge on any atom is -0.459 e. The van der Waals surface area contributed by atoms with E-state index in [-0.39, 0.29) is 29.8 Å². The Morgan fingerprint density at radius 2 is 1.97 bits per heavy atom. The Labute approximate surface area is 191 Å². The van der Waals surface area contributed by atoms with Crippen LogP contribution in [0.4, 0.5) is 4.39 Å². The van der Waals surface area contributed by atoms with E-state index >= 15 is 0 Å². The van der Waals surface area contributed by atoms with Crippen molar-refractivity contribution in [3.05, 3.63) is 83.9 Å². The van der Waals surface area contributed by atoms with Gasteiger partial charge in [-0.3, -0.25) is 4.99 Å². The van der Waals surface area contributed by atoms with Crippen LogP contribution in [-0.2, 0) is 13.1 Å². The summed E-state index contributed by atoms with van der Waals surface area (Å²) in [6, 6.07) is 13.1. The Bertz CT molecular complexity index is 1150. The fourth-order valence-electron chi connectivity index (χ4n) is 3.24. The number of halogens is 2. The molecule has 0 saturated carbocycles. The monoisotopic (exact) mass is 519 g/mol. The molecular weight excluding hydrogens is 496 g/mol. The zero-order valence-electron chi connectivity index (χ0n) is 16.7. The maximum Gasteiger partial charge on any atom is 0.191 e. The number of aryl methyl sites for hydroxylation is 1. The number of fused-ring (bicyclic) bond motifs is 1. The van der Waals surface area contributed by atoms with E-state index in [1.54, 1.807) is 36.4 Å². The highest BCUT2D eigenvalue weighted by molar-refractivity contribution is 14.0. The maximum atomic E-state index is 14.4. The number of rotatable bonds is 5. The van der Waals surface area contributed by atoms with Gasteiger partial charge in [0.2, 0.25) is 0 Å². The molecule has 2 N–H and O–H groups in total. The number of hydrogen-bond donors (Lipinski definition) is 2. The fraction of sp³-hybridized carbons (Fsp3) is 0.182. The van der Waals surface area contributed by atoms with Gasteiger partial charge >= 0.3 is 0 Å². The molecule has 0 aliphatic carbocycles. The number of aliphatic imine (C=N–C) groups is 1. The zero-order chi connectivity index (χ0) is 20.2. The molecule has 4 aromatic rings. The molecule has 0 atom stereocenters. The van der Waals surface area contributed by atoms with Gasteiger partial charge in [-0.25, -0.2) is 9.37 Å². The molecule has 0 fully saturated rings. The first-order valence-electron chi connectivity index (χ1n) is 9.34. The Kier molecular flexibility index (Phi) is 7.09. The summed E-state index contributed by atoms with van der Waals surface area (Å²) in [5, 5.41) is 7.56. The number of nitrogens with zero attached hydrogens (tertiary/aromatic N) is 3. The van der Waals surface area contributed by atoms with Crippen LogP contribution < -0.4 is 10.6 Å². The maximum absolute atomic E-state index is 14.4. The van der Waals surface area contributed by atoms with Crippen LogP contribution in [0.25, 0.3) is 16.7 Å². The molecule has 4 rings (SSSR count). The lowest BCUT2D eigenvalue weighted by Gasteiger charge is -2.12. The number of nitrogens with one attached hydrogen (secondary N) is 2. The van der Waals surface area contributed by atoms with E-state index in [2.05, 4.69) is 20.6 Å². The molecule has 0 saturated heterocycles. The van der Waals surface area contributed by atoms with Crippen LogP contribution in [0.1, 0.15) is 16.9 Å². The molecule has 0 radical (unpaired) electrons. The average Bonchev–Trinajstić information content (AvgIpc) is 3.37. The molecule has 2 heterocycles. The second-order valence-corrected chi connectivity index (χ2v) is 6.68. The van der Waals surface area contributed by atoms with Crippen LogP contribution in [0.3, 0.4) is 0 Å². The van der Waals surface area contributed by atoms with Gasteiger partial charge in [-0.2, -0.15) is 0 Å². The van der Waals surface area contributed by atoms with E-state index in [9.17, 15) is 4.39 Å². The summed E-state index contributed by atoms with van der Waals surface area (Å²) < 4.78 is 22.0. The quantitative estimate of drug-likeness (QED) is 0.231. The first-order valence-corrected chi connectivity index (χ1v) is 9.34. The molecule has 6 nitrogen and oxygen atoms in total. The zero-order valence-corrected chi connectivity index (χ0v) is 19.1. The van der Waals surface area contributed by atoms with E-state index in [1.807, 2.05) is 37.3 Å². The number of benzene rings is 2. The number of para-hydroxylation sites is 1. The van der Waals surface area contributed by atoms with Crippen molar-refractivity contribution in [1.29, 1.82) is 0 Å². The molecule has 0 aliphatic rings. The second kappa shape index (κ2) is 9.75. The molecule has 2 aromatic carbocycles. The van der Waals surface area contributed by atoms with E-state index in [0.717, 1.165) is 27.9 Å². The summed E-state index contributed by atoms with van der Waals surface area (Å²) in [7, 11) is 1.70. The smallest absolute Gasteiger partial charge is 0.191 e. The van der Waals surface area contributed by atoms with Crippen molar-refractivity contribution in [3.63, 3.8) is 0 Å². The SMILES string of the molecule is CN=C(NCc1ccc(-n2ccnc2)c(F)c1)NCc1oc2ccccc2c1C.I. The summed E-state index contributed by atoms with van der Waals surface area (Å²) in [6.45, 7) is 3.00. The fourth-order valence-corrected chi connectivity index (χ4v) is 3.24. The normalized spacial score (nSPS) is 11.4. The first-order chi connectivity index (χ1) is 14.2. The molecule has 156 valence electrons. The van der Waals surface area contributed by atoms with Crippen molar-refractivity contribution in [3.8, 4) is 5.69 Å².